The second kappa shape index (κ2) is 9.55. The lowest BCUT2D eigenvalue weighted by molar-refractivity contribution is -0.138. The molecule has 2 amide bonds. The Kier molecular flexibility index (Phi) is 6.60. The molecule has 4 rings (SSSR count). The molecule has 2 aliphatic rings. The fourth-order valence-corrected chi connectivity index (χ4v) is 5.15. The number of urea groups is 1. The van der Waals surface area contributed by atoms with Crippen molar-refractivity contribution >= 4 is 34.7 Å². The zero-order chi connectivity index (χ0) is 21.8. The minimum Gasteiger partial charge on any atom is -0.463 e. The van der Waals surface area contributed by atoms with Gasteiger partial charge >= 0.3 is 12.0 Å². The number of fused-ring (bicyclic) bond motifs is 1. The first kappa shape index (κ1) is 21.4. The Morgan fingerprint density at radius 2 is 2.00 bits per heavy atom. The number of esters is 1. The van der Waals surface area contributed by atoms with Crippen LogP contribution in [0.4, 0.5) is 4.79 Å². The molecule has 1 aliphatic carbocycles. The smallest absolute Gasteiger partial charge is 0.337 e. The highest BCUT2D eigenvalue weighted by Gasteiger charge is 2.26. The van der Waals surface area contributed by atoms with Crippen LogP contribution in [0.2, 0.25) is 0 Å². The van der Waals surface area contributed by atoms with Crippen molar-refractivity contribution < 1.29 is 14.3 Å². The maximum absolute atomic E-state index is 13.4. The Hall–Kier alpha value is -2.81. The van der Waals surface area contributed by atoms with Crippen molar-refractivity contribution in [2.45, 2.75) is 50.2 Å². The van der Waals surface area contributed by atoms with Crippen molar-refractivity contribution in [3.63, 3.8) is 0 Å². The number of amides is 2. The molecule has 0 spiro atoms. The summed E-state index contributed by atoms with van der Waals surface area (Å²) in [5.74, 6) is -0.152. The Morgan fingerprint density at radius 1 is 1.23 bits per heavy atom. The molecule has 1 fully saturated rings. The van der Waals surface area contributed by atoms with Gasteiger partial charge in [0.2, 0.25) is 0 Å². The largest absolute Gasteiger partial charge is 0.463 e. The highest BCUT2D eigenvalue weighted by atomic mass is 32.2. The van der Waals surface area contributed by atoms with Crippen molar-refractivity contribution in [3.8, 4) is 0 Å². The standard InChI is InChI=1S/C22H26N4O4S/c1-2-30-20(28)16-12-23-21(29)24-18(16)13-31-22-25-17-11-7-6-10-15(17)19(27)26(22)14-8-4-3-5-9-14/h6-7,10-11,14H,2-5,8-9,12-13H2,1H3,(H2,23,24,29). The van der Waals surface area contributed by atoms with Crippen LogP contribution in [-0.2, 0) is 9.53 Å². The van der Waals surface area contributed by atoms with Crippen LogP contribution in [-0.4, -0.2) is 40.5 Å². The molecule has 1 saturated carbocycles. The first-order valence-electron chi connectivity index (χ1n) is 10.7. The third-order valence-electron chi connectivity index (χ3n) is 5.64. The number of nitrogens with one attached hydrogen (secondary N) is 2. The Morgan fingerprint density at radius 3 is 2.77 bits per heavy atom. The van der Waals surface area contributed by atoms with E-state index in [-0.39, 0.29) is 30.8 Å². The van der Waals surface area contributed by atoms with Crippen LogP contribution in [0.5, 0.6) is 0 Å². The van der Waals surface area contributed by atoms with E-state index in [1.807, 2.05) is 28.8 Å². The zero-order valence-electron chi connectivity index (χ0n) is 17.5. The third-order valence-corrected chi connectivity index (χ3v) is 6.62. The van der Waals surface area contributed by atoms with Crippen molar-refractivity contribution in [2.24, 2.45) is 0 Å². The van der Waals surface area contributed by atoms with Gasteiger partial charge in [0.05, 0.1) is 29.6 Å². The van der Waals surface area contributed by atoms with Crippen LogP contribution in [0.25, 0.3) is 10.9 Å². The van der Waals surface area contributed by atoms with E-state index in [2.05, 4.69) is 10.6 Å². The van der Waals surface area contributed by atoms with Crippen molar-refractivity contribution in [1.29, 1.82) is 0 Å². The first-order valence-corrected chi connectivity index (χ1v) is 11.6. The van der Waals surface area contributed by atoms with Gasteiger partial charge in [-0.3, -0.25) is 9.36 Å². The van der Waals surface area contributed by atoms with Gasteiger partial charge in [-0.1, -0.05) is 43.2 Å². The average molecular weight is 443 g/mol. The van der Waals surface area contributed by atoms with E-state index >= 15 is 0 Å². The maximum atomic E-state index is 13.4. The van der Waals surface area contributed by atoms with Crippen LogP contribution in [0, 0.1) is 0 Å². The summed E-state index contributed by atoms with van der Waals surface area (Å²) in [4.78, 5) is 42.3. The van der Waals surface area contributed by atoms with Gasteiger partial charge in [-0.25, -0.2) is 14.6 Å². The Labute approximate surface area is 184 Å². The van der Waals surface area contributed by atoms with Crippen LogP contribution < -0.4 is 16.2 Å². The van der Waals surface area contributed by atoms with E-state index in [9.17, 15) is 14.4 Å². The average Bonchev–Trinajstić information content (AvgIpc) is 2.78. The summed E-state index contributed by atoms with van der Waals surface area (Å²) in [6.07, 6.45) is 5.27. The van der Waals surface area contributed by atoms with E-state index in [1.54, 1.807) is 6.92 Å². The number of carbonyl (C=O) groups excluding carboxylic acids is 2. The lowest BCUT2D eigenvalue weighted by Gasteiger charge is -2.26. The highest BCUT2D eigenvalue weighted by molar-refractivity contribution is 7.99. The summed E-state index contributed by atoms with van der Waals surface area (Å²) in [5, 5.41) is 6.55. The molecule has 1 aliphatic heterocycles. The van der Waals surface area contributed by atoms with Gasteiger partial charge in [0.1, 0.15) is 0 Å². The second-order valence-electron chi connectivity index (χ2n) is 7.65. The number of ether oxygens (including phenoxy) is 1. The normalized spacial score (nSPS) is 17.4. The van der Waals surface area contributed by atoms with Gasteiger partial charge in [0.25, 0.3) is 5.56 Å². The molecule has 0 radical (unpaired) electrons. The molecule has 31 heavy (non-hydrogen) atoms. The van der Waals surface area contributed by atoms with E-state index in [1.165, 1.54) is 18.2 Å². The number of para-hydroxylation sites is 1. The van der Waals surface area contributed by atoms with Gasteiger partial charge < -0.3 is 15.4 Å². The quantitative estimate of drug-likeness (QED) is 0.405. The highest BCUT2D eigenvalue weighted by Crippen LogP contribution is 2.31. The molecule has 1 aromatic heterocycles. The van der Waals surface area contributed by atoms with Crippen LogP contribution >= 0.6 is 11.8 Å². The van der Waals surface area contributed by atoms with E-state index in [4.69, 9.17) is 9.72 Å². The van der Waals surface area contributed by atoms with Crippen molar-refractivity contribution in [3.05, 3.63) is 45.9 Å². The molecule has 8 nitrogen and oxygen atoms in total. The number of thioether (sulfide) groups is 1. The van der Waals surface area contributed by atoms with Gasteiger partial charge in [-0.05, 0) is 31.9 Å². The molecule has 164 valence electrons. The molecule has 9 heteroatoms. The van der Waals surface area contributed by atoms with Crippen LogP contribution in [0.15, 0.2) is 45.5 Å². The number of hydrogen-bond acceptors (Lipinski definition) is 6. The predicted molar refractivity (Wildman–Crippen MR) is 119 cm³/mol. The van der Waals surface area contributed by atoms with Gasteiger partial charge in [-0.15, -0.1) is 0 Å². The van der Waals surface area contributed by atoms with Gasteiger partial charge in [0.15, 0.2) is 5.16 Å². The molecule has 0 bridgehead atoms. The number of rotatable bonds is 6. The maximum Gasteiger partial charge on any atom is 0.337 e. The number of carbonyl (C=O) groups is 2. The van der Waals surface area contributed by atoms with E-state index in [0.29, 0.717) is 33.1 Å². The fraction of sp³-hybridized carbons (Fsp3) is 0.455. The van der Waals surface area contributed by atoms with E-state index < -0.39 is 5.97 Å². The monoisotopic (exact) mass is 442 g/mol. The molecular weight excluding hydrogens is 416 g/mol. The summed E-state index contributed by atoms with van der Waals surface area (Å²) in [6.45, 7) is 2.11. The predicted octanol–water partition coefficient (Wildman–Crippen LogP) is 3.12. The van der Waals surface area contributed by atoms with Crippen LogP contribution in [0.1, 0.15) is 45.1 Å². The summed E-state index contributed by atoms with van der Waals surface area (Å²) in [6, 6.07) is 7.11. The minimum atomic E-state index is -0.457. The number of aromatic nitrogens is 2. The Bertz CT molecular complexity index is 1090. The zero-order valence-corrected chi connectivity index (χ0v) is 18.3. The third kappa shape index (κ3) is 4.61. The Balaban J connectivity index is 1.70. The molecule has 2 aromatic rings. The molecule has 0 atom stereocenters. The molecule has 2 heterocycles. The first-order chi connectivity index (χ1) is 15.1. The van der Waals surface area contributed by atoms with Gasteiger partial charge in [0, 0.05) is 17.5 Å². The number of nitrogens with zero attached hydrogens (tertiary/aromatic N) is 2. The van der Waals surface area contributed by atoms with Crippen molar-refractivity contribution in [2.75, 3.05) is 18.9 Å². The summed E-state index contributed by atoms with van der Waals surface area (Å²) in [5.41, 5.74) is 1.50. The topological polar surface area (TPSA) is 102 Å². The second-order valence-corrected chi connectivity index (χ2v) is 8.59. The SMILES string of the molecule is CCOC(=O)C1=C(CSc2nc3ccccc3c(=O)n2C2CCCCC2)NC(=O)NC1. The lowest BCUT2D eigenvalue weighted by atomic mass is 9.95. The minimum absolute atomic E-state index is 0.0334. The summed E-state index contributed by atoms with van der Waals surface area (Å²) < 4.78 is 6.95. The summed E-state index contributed by atoms with van der Waals surface area (Å²) in [7, 11) is 0. The van der Waals surface area contributed by atoms with Gasteiger partial charge in [-0.2, -0.15) is 0 Å². The number of hydrogen-bond donors (Lipinski definition) is 2. The fourth-order valence-electron chi connectivity index (χ4n) is 4.09. The lowest BCUT2D eigenvalue weighted by Crippen LogP contribution is -2.44. The van der Waals surface area contributed by atoms with E-state index in [0.717, 1.165) is 25.7 Å². The molecule has 2 N–H and O–H groups in total. The molecule has 0 saturated heterocycles. The summed E-state index contributed by atoms with van der Waals surface area (Å²) >= 11 is 1.36. The van der Waals surface area contributed by atoms with Crippen LogP contribution in [0.3, 0.4) is 0 Å². The van der Waals surface area contributed by atoms with Crippen molar-refractivity contribution in [1.82, 2.24) is 20.2 Å². The molecule has 0 unspecified atom stereocenters. The molecular formula is C22H26N4O4S. The number of benzene rings is 1. The molecule has 1 aromatic carbocycles.